The zero-order valence-electron chi connectivity index (χ0n) is 14.3. The summed E-state index contributed by atoms with van der Waals surface area (Å²) < 4.78 is 5.13. The maximum atomic E-state index is 12.3. The highest BCUT2D eigenvalue weighted by Crippen LogP contribution is 2.13. The Morgan fingerprint density at radius 1 is 1.12 bits per heavy atom. The Morgan fingerprint density at radius 2 is 1.75 bits per heavy atom. The molecule has 1 amide bonds. The van der Waals surface area contributed by atoms with Crippen LogP contribution in [-0.4, -0.2) is 19.1 Å². The number of nitrogens with two attached hydrogens (primary N) is 1. The van der Waals surface area contributed by atoms with Crippen LogP contribution in [-0.2, 0) is 11.3 Å². The van der Waals surface area contributed by atoms with E-state index in [0.29, 0.717) is 6.54 Å². The lowest BCUT2D eigenvalue weighted by Crippen LogP contribution is -2.92. The Morgan fingerprint density at radius 3 is 2.33 bits per heavy atom. The van der Waals surface area contributed by atoms with E-state index in [4.69, 9.17) is 16.3 Å². The molecular formula is C19H24ClN2O2+. The number of hydrogen-bond donors (Lipinski definition) is 2. The van der Waals surface area contributed by atoms with Crippen LogP contribution in [0.5, 0.6) is 5.75 Å². The number of quaternary nitrogens is 1. The average molecular weight is 348 g/mol. The summed E-state index contributed by atoms with van der Waals surface area (Å²) in [7, 11) is 1.64. The molecule has 2 aromatic carbocycles. The normalized spacial score (nSPS) is 13.2. The lowest BCUT2D eigenvalue weighted by atomic mass is 10.1. The van der Waals surface area contributed by atoms with Crippen LogP contribution in [0.25, 0.3) is 0 Å². The minimum absolute atomic E-state index is 0.0200. The quantitative estimate of drug-likeness (QED) is 0.809. The minimum Gasteiger partial charge on any atom is -0.497 e. The first-order chi connectivity index (χ1) is 11.5. The predicted octanol–water partition coefficient (Wildman–Crippen LogP) is 2.68. The van der Waals surface area contributed by atoms with Gasteiger partial charge in [-0.25, -0.2) is 0 Å². The van der Waals surface area contributed by atoms with Gasteiger partial charge in [-0.3, -0.25) is 4.79 Å². The van der Waals surface area contributed by atoms with Gasteiger partial charge in [-0.05, 0) is 43.7 Å². The molecule has 0 bridgehead atoms. The van der Waals surface area contributed by atoms with Crippen LogP contribution in [0.2, 0.25) is 5.02 Å². The van der Waals surface area contributed by atoms with Crippen molar-refractivity contribution in [3.63, 3.8) is 0 Å². The van der Waals surface area contributed by atoms with Crippen molar-refractivity contribution >= 4 is 17.5 Å². The number of amides is 1. The van der Waals surface area contributed by atoms with Gasteiger partial charge in [0, 0.05) is 17.1 Å². The molecule has 2 rings (SSSR count). The summed E-state index contributed by atoms with van der Waals surface area (Å²) in [5.74, 6) is 0.829. The third-order valence-corrected chi connectivity index (χ3v) is 4.26. The van der Waals surface area contributed by atoms with E-state index in [-0.39, 0.29) is 18.0 Å². The summed E-state index contributed by atoms with van der Waals surface area (Å²) >= 11 is 5.91. The molecule has 0 aliphatic heterocycles. The zero-order valence-corrected chi connectivity index (χ0v) is 15.0. The molecule has 0 aromatic heterocycles. The maximum absolute atomic E-state index is 12.3. The molecule has 0 spiro atoms. The second-order valence-corrected chi connectivity index (χ2v) is 6.32. The number of nitrogens with one attached hydrogen (secondary N) is 1. The highest BCUT2D eigenvalue weighted by Gasteiger charge is 2.19. The first kappa shape index (κ1) is 18.3. The van der Waals surface area contributed by atoms with Gasteiger partial charge in [0.2, 0.25) is 0 Å². The second kappa shape index (κ2) is 8.71. The average Bonchev–Trinajstić information content (AvgIpc) is 2.60. The predicted molar refractivity (Wildman–Crippen MR) is 96.1 cm³/mol. The standard InChI is InChI=1S/C19H23ClN2O2/c1-13(16-6-8-17(20)9-7-16)22-14(2)19(23)21-12-15-4-10-18(24-3)11-5-15/h4-11,13-14,22H,12H2,1-3H3,(H,21,23)/p+1/t13-,14+/m1/s1. The molecule has 5 heteroatoms. The van der Waals surface area contributed by atoms with Gasteiger partial charge in [0.1, 0.15) is 11.8 Å². The van der Waals surface area contributed by atoms with Crippen LogP contribution in [0.3, 0.4) is 0 Å². The van der Waals surface area contributed by atoms with Gasteiger partial charge < -0.3 is 15.4 Å². The van der Waals surface area contributed by atoms with Crippen LogP contribution in [0.1, 0.15) is 31.0 Å². The SMILES string of the molecule is COc1ccc(CNC(=O)[C@H](C)[NH2+][C@H](C)c2ccc(Cl)cc2)cc1. The van der Waals surface area contributed by atoms with Crippen molar-refractivity contribution in [2.45, 2.75) is 32.5 Å². The smallest absolute Gasteiger partial charge is 0.278 e. The number of benzene rings is 2. The molecule has 0 unspecified atom stereocenters. The Balaban J connectivity index is 1.83. The van der Waals surface area contributed by atoms with E-state index in [2.05, 4.69) is 12.2 Å². The topological polar surface area (TPSA) is 54.9 Å². The first-order valence-electron chi connectivity index (χ1n) is 8.00. The van der Waals surface area contributed by atoms with Gasteiger partial charge in [0.05, 0.1) is 7.11 Å². The number of rotatable bonds is 7. The molecule has 128 valence electrons. The van der Waals surface area contributed by atoms with E-state index in [1.807, 2.05) is 60.8 Å². The van der Waals surface area contributed by atoms with Gasteiger partial charge in [0.15, 0.2) is 6.04 Å². The Hall–Kier alpha value is -2.04. The summed E-state index contributed by atoms with van der Waals surface area (Å²) in [6.07, 6.45) is 0. The number of ether oxygens (including phenoxy) is 1. The van der Waals surface area contributed by atoms with Crippen molar-refractivity contribution in [2.75, 3.05) is 7.11 Å². The van der Waals surface area contributed by atoms with Crippen molar-refractivity contribution < 1.29 is 14.8 Å². The Bertz CT molecular complexity index is 656. The molecule has 0 aliphatic rings. The van der Waals surface area contributed by atoms with E-state index in [0.717, 1.165) is 21.9 Å². The number of carbonyl (C=O) groups is 1. The van der Waals surface area contributed by atoms with Crippen LogP contribution in [0.4, 0.5) is 0 Å². The molecule has 2 atom stereocenters. The molecule has 0 radical (unpaired) electrons. The highest BCUT2D eigenvalue weighted by molar-refractivity contribution is 6.30. The van der Waals surface area contributed by atoms with E-state index >= 15 is 0 Å². The molecule has 4 nitrogen and oxygen atoms in total. The fourth-order valence-corrected chi connectivity index (χ4v) is 2.62. The molecule has 0 saturated heterocycles. The third kappa shape index (κ3) is 5.25. The summed E-state index contributed by atoms with van der Waals surface area (Å²) in [6, 6.07) is 15.4. The zero-order chi connectivity index (χ0) is 17.5. The van der Waals surface area contributed by atoms with Crippen LogP contribution < -0.4 is 15.4 Å². The fraction of sp³-hybridized carbons (Fsp3) is 0.316. The molecule has 0 saturated carbocycles. The van der Waals surface area contributed by atoms with Crippen molar-refractivity contribution in [3.05, 3.63) is 64.7 Å². The summed E-state index contributed by atoms with van der Waals surface area (Å²) in [4.78, 5) is 12.3. The van der Waals surface area contributed by atoms with Crippen LogP contribution in [0, 0.1) is 0 Å². The Labute approximate surface area is 148 Å². The molecule has 0 heterocycles. The largest absolute Gasteiger partial charge is 0.497 e. The number of carbonyl (C=O) groups excluding carboxylic acids is 1. The van der Waals surface area contributed by atoms with E-state index < -0.39 is 0 Å². The number of hydrogen-bond acceptors (Lipinski definition) is 2. The second-order valence-electron chi connectivity index (χ2n) is 5.89. The lowest BCUT2D eigenvalue weighted by molar-refractivity contribution is -0.710. The van der Waals surface area contributed by atoms with Crippen LogP contribution in [0.15, 0.2) is 48.5 Å². The highest BCUT2D eigenvalue weighted by atomic mass is 35.5. The molecule has 24 heavy (non-hydrogen) atoms. The number of halogens is 1. The van der Waals surface area contributed by atoms with Crippen molar-refractivity contribution in [1.29, 1.82) is 0 Å². The monoisotopic (exact) mass is 347 g/mol. The van der Waals surface area contributed by atoms with Crippen molar-refractivity contribution in [3.8, 4) is 5.75 Å². The molecule has 2 aromatic rings. The van der Waals surface area contributed by atoms with E-state index in [1.54, 1.807) is 7.11 Å². The first-order valence-corrected chi connectivity index (χ1v) is 8.38. The maximum Gasteiger partial charge on any atom is 0.278 e. The summed E-state index contributed by atoms with van der Waals surface area (Å²) in [5, 5.41) is 5.74. The molecular weight excluding hydrogens is 324 g/mol. The van der Waals surface area contributed by atoms with Crippen molar-refractivity contribution in [2.24, 2.45) is 0 Å². The van der Waals surface area contributed by atoms with Gasteiger partial charge in [-0.2, -0.15) is 0 Å². The van der Waals surface area contributed by atoms with Gasteiger partial charge in [-0.1, -0.05) is 35.9 Å². The van der Waals surface area contributed by atoms with Gasteiger partial charge in [0.25, 0.3) is 5.91 Å². The van der Waals surface area contributed by atoms with E-state index in [9.17, 15) is 4.79 Å². The summed E-state index contributed by atoms with van der Waals surface area (Å²) in [5.41, 5.74) is 2.19. The van der Waals surface area contributed by atoms with Gasteiger partial charge in [-0.15, -0.1) is 0 Å². The Kier molecular flexibility index (Phi) is 6.64. The molecule has 3 N–H and O–H groups in total. The third-order valence-electron chi connectivity index (χ3n) is 4.01. The minimum atomic E-state index is -0.172. The van der Waals surface area contributed by atoms with E-state index in [1.165, 1.54) is 0 Å². The lowest BCUT2D eigenvalue weighted by Gasteiger charge is -2.17. The number of methoxy groups -OCH3 is 1. The van der Waals surface area contributed by atoms with Gasteiger partial charge >= 0.3 is 0 Å². The molecule has 0 fully saturated rings. The molecule has 0 aliphatic carbocycles. The summed E-state index contributed by atoms with van der Waals surface area (Å²) in [6.45, 7) is 4.50. The fourth-order valence-electron chi connectivity index (χ4n) is 2.49. The van der Waals surface area contributed by atoms with Crippen molar-refractivity contribution in [1.82, 2.24) is 5.32 Å². The van der Waals surface area contributed by atoms with Crippen LogP contribution >= 0.6 is 11.6 Å².